The number of fused-ring (bicyclic) bond motifs is 3. The molecule has 3 aliphatic rings. The van der Waals surface area contributed by atoms with Gasteiger partial charge >= 0.3 is 0 Å². The lowest BCUT2D eigenvalue weighted by Gasteiger charge is -2.48. The van der Waals surface area contributed by atoms with E-state index in [-0.39, 0.29) is 17.7 Å². The molecule has 3 aliphatic heterocycles. The van der Waals surface area contributed by atoms with Crippen LogP contribution in [0.4, 0.5) is 5.69 Å². The molecule has 2 atom stereocenters. The van der Waals surface area contributed by atoms with Crippen LogP contribution in [0.1, 0.15) is 55.8 Å². The second kappa shape index (κ2) is 8.02. The Kier molecular flexibility index (Phi) is 5.57. The highest BCUT2D eigenvalue weighted by molar-refractivity contribution is 6.10. The van der Waals surface area contributed by atoms with Crippen molar-refractivity contribution in [3.05, 3.63) is 29.8 Å². The van der Waals surface area contributed by atoms with Gasteiger partial charge in [0.1, 0.15) is 5.66 Å². The van der Waals surface area contributed by atoms with E-state index in [4.69, 9.17) is 0 Å². The number of carbonyl (C=O) groups is 3. The molecule has 1 aromatic carbocycles. The Morgan fingerprint density at radius 1 is 1.23 bits per heavy atom. The number of hydrogen-bond acceptors (Lipinski definition) is 4. The van der Waals surface area contributed by atoms with Gasteiger partial charge < -0.3 is 14.7 Å². The summed E-state index contributed by atoms with van der Waals surface area (Å²) in [5.41, 5.74) is 0.636. The molecule has 3 heterocycles. The molecule has 0 bridgehead atoms. The zero-order chi connectivity index (χ0) is 21.5. The lowest BCUT2D eigenvalue weighted by molar-refractivity contribution is -0.133. The summed E-state index contributed by atoms with van der Waals surface area (Å²) in [5, 5.41) is 0. The van der Waals surface area contributed by atoms with E-state index in [1.807, 2.05) is 34.9 Å². The fourth-order valence-electron chi connectivity index (χ4n) is 5.19. The summed E-state index contributed by atoms with van der Waals surface area (Å²) in [7, 11) is 4.13. The molecule has 0 spiro atoms. The maximum absolute atomic E-state index is 13.3. The van der Waals surface area contributed by atoms with Gasteiger partial charge in [-0.1, -0.05) is 12.1 Å². The Balaban J connectivity index is 1.44. The smallest absolute Gasteiger partial charge is 0.257 e. The number of hydrogen-bond donors (Lipinski definition) is 0. The van der Waals surface area contributed by atoms with E-state index in [9.17, 15) is 14.4 Å². The zero-order valence-corrected chi connectivity index (χ0v) is 18.3. The first-order chi connectivity index (χ1) is 14.3. The second-order valence-electron chi connectivity index (χ2n) is 9.12. The first kappa shape index (κ1) is 20.8. The molecule has 1 aromatic rings. The lowest BCUT2D eigenvalue weighted by atomic mass is 9.97. The molecule has 3 amide bonds. The van der Waals surface area contributed by atoms with Crippen molar-refractivity contribution in [2.24, 2.45) is 0 Å². The maximum Gasteiger partial charge on any atom is 0.257 e. The van der Waals surface area contributed by atoms with Crippen LogP contribution in [0.2, 0.25) is 0 Å². The molecule has 0 radical (unpaired) electrons. The highest BCUT2D eigenvalue weighted by Crippen LogP contribution is 2.44. The van der Waals surface area contributed by atoms with Crippen LogP contribution in [0.15, 0.2) is 24.3 Å². The molecule has 0 aromatic heterocycles. The maximum atomic E-state index is 13.3. The topological polar surface area (TPSA) is 64.2 Å². The van der Waals surface area contributed by atoms with Gasteiger partial charge in [0, 0.05) is 38.5 Å². The molecule has 0 aliphatic carbocycles. The van der Waals surface area contributed by atoms with Gasteiger partial charge in [-0.25, -0.2) is 0 Å². The number of piperidine rings is 1. The van der Waals surface area contributed by atoms with E-state index >= 15 is 0 Å². The third kappa shape index (κ3) is 3.49. The minimum Gasteiger partial charge on any atom is -0.341 e. The van der Waals surface area contributed by atoms with Gasteiger partial charge in [-0.05, 0) is 58.8 Å². The molecule has 2 unspecified atom stereocenters. The van der Waals surface area contributed by atoms with Gasteiger partial charge in [0.15, 0.2) is 0 Å². The molecule has 7 nitrogen and oxygen atoms in total. The Morgan fingerprint density at radius 3 is 2.77 bits per heavy atom. The van der Waals surface area contributed by atoms with Gasteiger partial charge in [0.2, 0.25) is 11.8 Å². The van der Waals surface area contributed by atoms with Crippen LogP contribution in [-0.4, -0.2) is 77.9 Å². The molecule has 0 N–H and O–H groups in total. The van der Waals surface area contributed by atoms with Crippen molar-refractivity contribution in [1.82, 2.24) is 14.7 Å². The SMILES string of the molecule is CN(C)C1CCCN(C(=O)CCCN2C(=O)c3ccccc3N3C(=O)CCC23C)C1. The molecule has 2 saturated heterocycles. The van der Waals surface area contributed by atoms with E-state index < -0.39 is 5.66 Å². The summed E-state index contributed by atoms with van der Waals surface area (Å²) >= 11 is 0. The number of nitrogens with zero attached hydrogens (tertiary/aromatic N) is 4. The summed E-state index contributed by atoms with van der Waals surface area (Å²) in [5.74, 6) is 0.176. The fraction of sp³-hybridized carbons (Fsp3) is 0.609. The standard InChI is InChI=1S/C23H32N4O3/c1-23-13-12-21(29)27(23)19-10-5-4-9-18(19)22(30)26(23)15-7-11-20(28)25-14-6-8-17(16-25)24(2)3/h4-5,9-10,17H,6-8,11-16H2,1-3H3. The monoisotopic (exact) mass is 412 g/mol. The number of likely N-dealkylation sites (tertiary alicyclic amines) is 1. The second-order valence-corrected chi connectivity index (χ2v) is 9.12. The predicted octanol–water partition coefficient (Wildman–Crippen LogP) is 2.32. The summed E-state index contributed by atoms with van der Waals surface area (Å²) in [6.07, 6.45) is 4.25. The van der Waals surface area contributed by atoms with Crippen LogP contribution in [0, 0.1) is 0 Å². The third-order valence-electron chi connectivity index (χ3n) is 7.00. The molecule has 4 rings (SSSR count). The molecule has 0 saturated carbocycles. The number of para-hydroxylation sites is 1. The number of likely N-dealkylation sites (N-methyl/N-ethyl adjacent to an activating group) is 1. The van der Waals surface area contributed by atoms with E-state index in [1.54, 1.807) is 11.0 Å². The van der Waals surface area contributed by atoms with Crippen LogP contribution in [0.25, 0.3) is 0 Å². The van der Waals surface area contributed by atoms with Gasteiger partial charge in [-0.2, -0.15) is 0 Å². The Hall–Kier alpha value is -2.41. The van der Waals surface area contributed by atoms with E-state index in [0.29, 0.717) is 49.5 Å². The van der Waals surface area contributed by atoms with Gasteiger partial charge in [-0.3, -0.25) is 19.3 Å². The minimum absolute atomic E-state index is 0.0443. The van der Waals surface area contributed by atoms with Crippen LogP contribution < -0.4 is 4.90 Å². The van der Waals surface area contributed by atoms with E-state index in [1.165, 1.54) is 0 Å². The van der Waals surface area contributed by atoms with Crippen LogP contribution in [0.5, 0.6) is 0 Å². The first-order valence-electron chi connectivity index (χ1n) is 11.0. The highest BCUT2D eigenvalue weighted by Gasteiger charge is 2.52. The van der Waals surface area contributed by atoms with Gasteiger partial charge in [0.25, 0.3) is 5.91 Å². The summed E-state index contributed by atoms with van der Waals surface area (Å²) in [4.78, 5) is 46.4. The average Bonchev–Trinajstić information content (AvgIpc) is 3.05. The van der Waals surface area contributed by atoms with Gasteiger partial charge in [-0.15, -0.1) is 0 Å². The average molecular weight is 413 g/mol. The van der Waals surface area contributed by atoms with Crippen molar-refractivity contribution >= 4 is 23.4 Å². The van der Waals surface area contributed by atoms with Crippen molar-refractivity contribution in [2.45, 2.75) is 57.2 Å². The van der Waals surface area contributed by atoms with Crippen molar-refractivity contribution in [1.29, 1.82) is 0 Å². The number of anilines is 1. The molecule has 30 heavy (non-hydrogen) atoms. The summed E-state index contributed by atoms with van der Waals surface area (Å²) < 4.78 is 0. The molecule has 7 heteroatoms. The van der Waals surface area contributed by atoms with E-state index in [2.05, 4.69) is 19.0 Å². The van der Waals surface area contributed by atoms with Crippen LogP contribution in [-0.2, 0) is 9.59 Å². The summed E-state index contributed by atoms with van der Waals surface area (Å²) in [6.45, 7) is 4.05. The molecule has 2 fully saturated rings. The fourth-order valence-corrected chi connectivity index (χ4v) is 5.19. The number of amides is 3. The van der Waals surface area contributed by atoms with Gasteiger partial charge in [0.05, 0.1) is 11.3 Å². The van der Waals surface area contributed by atoms with Crippen LogP contribution >= 0.6 is 0 Å². The van der Waals surface area contributed by atoms with Crippen molar-refractivity contribution < 1.29 is 14.4 Å². The Morgan fingerprint density at radius 2 is 2.00 bits per heavy atom. The Labute approximate surface area is 178 Å². The highest BCUT2D eigenvalue weighted by atomic mass is 16.2. The normalized spacial score (nSPS) is 26.3. The van der Waals surface area contributed by atoms with Crippen molar-refractivity contribution in [3.8, 4) is 0 Å². The first-order valence-corrected chi connectivity index (χ1v) is 11.0. The number of carbonyl (C=O) groups excluding carboxylic acids is 3. The minimum atomic E-state index is -0.646. The zero-order valence-electron chi connectivity index (χ0n) is 18.3. The number of benzene rings is 1. The Bertz CT molecular complexity index is 855. The van der Waals surface area contributed by atoms with Crippen molar-refractivity contribution in [3.63, 3.8) is 0 Å². The largest absolute Gasteiger partial charge is 0.341 e. The van der Waals surface area contributed by atoms with Crippen molar-refractivity contribution in [2.75, 3.05) is 38.6 Å². The summed E-state index contributed by atoms with van der Waals surface area (Å²) in [6, 6.07) is 7.76. The molecule has 162 valence electrons. The third-order valence-corrected chi connectivity index (χ3v) is 7.00. The lowest BCUT2D eigenvalue weighted by Crippen LogP contribution is -2.62. The van der Waals surface area contributed by atoms with E-state index in [0.717, 1.165) is 25.9 Å². The van der Waals surface area contributed by atoms with Crippen LogP contribution in [0.3, 0.4) is 0 Å². The number of rotatable bonds is 5. The quantitative estimate of drug-likeness (QED) is 0.745. The molecular formula is C23H32N4O3. The molecular weight excluding hydrogens is 380 g/mol. The predicted molar refractivity (Wildman–Crippen MR) is 115 cm³/mol.